The van der Waals surface area contributed by atoms with E-state index in [0.29, 0.717) is 0 Å². The summed E-state index contributed by atoms with van der Waals surface area (Å²) in [6.45, 7) is 1.88. The van der Waals surface area contributed by atoms with E-state index in [9.17, 15) is 9.59 Å². The predicted octanol–water partition coefficient (Wildman–Crippen LogP) is 2.77. The quantitative estimate of drug-likeness (QED) is 0.410. The third kappa shape index (κ3) is 2.89. The van der Waals surface area contributed by atoms with E-state index in [-0.39, 0.29) is 11.4 Å². The van der Waals surface area contributed by atoms with Crippen molar-refractivity contribution >= 4 is 27.9 Å². The van der Waals surface area contributed by atoms with Crippen LogP contribution in [0.25, 0.3) is 38.8 Å². The number of ether oxygens (including phenoxy) is 1. The first-order valence-corrected chi connectivity index (χ1v) is 9.94. The average molecular weight is 428 g/mol. The van der Waals surface area contributed by atoms with Gasteiger partial charge in [-0.15, -0.1) is 0 Å². The van der Waals surface area contributed by atoms with Crippen molar-refractivity contribution in [3.05, 3.63) is 70.8 Å². The zero-order valence-electron chi connectivity index (χ0n) is 18.0. The van der Waals surface area contributed by atoms with Gasteiger partial charge < -0.3 is 4.74 Å². The van der Waals surface area contributed by atoms with Crippen LogP contribution in [0.1, 0.15) is 16.2 Å². The molecule has 5 aromatic rings. The summed E-state index contributed by atoms with van der Waals surface area (Å²) in [5.41, 5.74) is 5.53. The molecule has 0 amide bonds. The molecule has 0 aliphatic rings. The van der Waals surface area contributed by atoms with Gasteiger partial charge in [-0.25, -0.2) is 14.6 Å². The average Bonchev–Trinajstić information content (AvgIpc) is 3.27. The van der Waals surface area contributed by atoms with Gasteiger partial charge in [0.2, 0.25) is 0 Å². The molecule has 5 rings (SSSR count). The second kappa shape index (κ2) is 7.16. The molecule has 0 N–H and O–H groups in total. The molecule has 0 spiro atoms. The molecule has 0 saturated heterocycles. The molecule has 0 aliphatic heterocycles. The lowest BCUT2D eigenvalue weighted by Gasteiger charge is -2.08. The number of esters is 1. The third-order valence-electron chi connectivity index (χ3n) is 5.60. The normalized spacial score (nSPS) is 11.4. The van der Waals surface area contributed by atoms with E-state index in [0.717, 1.165) is 44.4 Å². The summed E-state index contributed by atoms with van der Waals surface area (Å²) in [6, 6.07) is 9.28. The first kappa shape index (κ1) is 19.7. The molecular formula is C23H20N6O3. The number of pyridine rings is 2. The Morgan fingerprint density at radius 2 is 1.81 bits per heavy atom. The molecule has 32 heavy (non-hydrogen) atoms. The Hall–Kier alpha value is -4.27. The minimum Gasteiger partial charge on any atom is -0.464 e. The molecule has 0 saturated carbocycles. The van der Waals surface area contributed by atoms with E-state index >= 15 is 0 Å². The number of hydrogen-bond acceptors (Lipinski definition) is 6. The summed E-state index contributed by atoms with van der Waals surface area (Å²) in [7, 11) is 4.89. The van der Waals surface area contributed by atoms with Crippen molar-refractivity contribution in [3.63, 3.8) is 0 Å². The van der Waals surface area contributed by atoms with E-state index < -0.39 is 5.97 Å². The van der Waals surface area contributed by atoms with Crippen LogP contribution < -0.4 is 5.69 Å². The summed E-state index contributed by atoms with van der Waals surface area (Å²) in [5.74, 6) is -0.485. The molecule has 0 fully saturated rings. The Labute approximate surface area is 182 Å². The number of nitrogens with zero attached hydrogens (tertiary/aromatic N) is 6. The fourth-order valence-electron chi connectivity index (χ4n) is 4.00. The number of imidazole rings is 1. The first-order valence-electron chi connectivity index (χ1n) is 9.94. The third-order valence-corrected chi connectivity index (χ3v) is 5.60. The molecule has 4 heterocycles. The standard InChI is InChI=1S/C23H20N6O3/c1-13-20(12-27(2)26-13)29-21-16-9-14(15-6-8-18(24-10-15)22(30)32-4)5-7-17(16)25-11-19(21)28(3)23(29)31/h5-12H,1-4H3. The number of aryl methyl sites for hydroxylation is 3. The van der Waals surface area contributed by atoms with Crippen LogP contribution in [0.3, 0.4) is 0 Å². The first-order chi connectivity index (χ1) is 15.4. The highest BCUT2D eigenvalue weighted by Gasteiger charge is 2.19. The van der Waals surface area contributed by atoms with Crippen molar-refractivity contribution in [1.29, 1.82) is 0 Å². The van der Waals surface area contributed by atoms with Gasteiger partial charge >= 0.3 is 11.7 Å². The van der Waals surface area contributed by atoms with Gasteiger partial charge in [0.05, 0.1) is 41.2 Å². The summed E-state index contributed by atoms with van der Waals surface area (Å²) in [4.78, 5) is 33.6. The molecule has 0 radical (unpaired) electrons. The lowest BCUT2D eigenvalue weighted by Crippen LogP contribution is -2.21. The maximum atomic E-state index is 13.2. The maximum absolute atomic E-state index is 13.2. The largest absolute Gasteiger partial charge is 0.464 e. The van der Waals surface area contributed by atoms with Crippen molar-refractivity contribution < 1.29 is 9.53 Å². The van der Waals surface area contributed by atoms with Crippen LogP contribution in [-0.2, 0) is 18.8 Å². The monoisotopic (exact) mass is 428 g/mol. The fraction of sp³-hybridized carbons (Fsp3) is 0.174. The van der Waals surface area contributed by atoms with Gasteiger partial charge in [0, 0.05) is 37.4 Å². The minimum absolute atomic E-state index is 0.167. The molecule has 0 unspecified atom stereocenters. The summed E-state index contributed by atoms with van der Waals surface area (Å²) in [5, 5.41) is 5.24. The van der Waals surface area contributed by atoms with Gasteiger partial charge in [0.25, 0.3) is 0 Å². The molecule has 160 valence electrons. The Bertz CT molecular complexity index is 1570. The number of carbonyl (C=O) groups excluding carboxylic acids is 1. The minimum atomic E-state index is -0.485. The Kier molecular flexibility index (Phi) is 4.40. The van der Waals surface area contributed by atoms with E-state index in [1.165, 1.54) is 7.11 Å². The Balaban J connectivity index is 1.78. The number of methoxy groups -OCH3 is 1. The molecule has 9 heteroatoms. The van der Waals surface area contributed by atoms with Crippen molar-refractivity contribution in [2.75, 3.05) is 7.11 Å². The van der Waals surface area contributed by atoms with E-state index in [4.69, 9.17) is 4.74 Å². The van der Waals surface area contributed by atoms with Crippen molar-refractivity contribution in [2.24, 2.45) is 14.1 Å². The number of hydrogen-bond donors (Lipinski definition) is 0. The number of carbonyl (C=O) groups is 1. The highest BCUT2D eigenvalue weighted by molar-refractivity contribution is 6.04. The van der Waals surface area contributed by atoms with E-state index in [1.54, 1.807) is 39.3 Å². The van der Waals surface area contributed by atoms with Crippen molar-refractivity contribution in [3.8, 4) is 16.8 Å². The maximum Gasteiger partial charge on any atom is 0.356 e. The van der Waals surface area contributed by atoms with Gasteiger partial charge in [0.1, 0.15) is 5.69 Å². The summed E-state index contributed by atoms with van der Waals surface area (Å²) < 4.78 is 9.69. The van der Waals surface area contributed by atoms with Crippen molar-refractivity contribution in [1.82, 2.24) is 28.9 Å². The van der Waals surface area contributed by atoms with Crippen LogP contribution in [0.15, 0.2) is 53.7 Å². The van der Waals surface area contributed by atoms with Crippen LogP contribution in [0.4, 0.5) is 0 Å². The van der Waals surface area contributed by atoms with Gasteiger partial charge in [-0.3, -0.25) is 18.8 Å². The van der Waals surface area contributed by atoms with Crippen LogP contribution in [0.5, 0.6) is 0 Å². The van der Waals surface area contributed by atoms with Gasteiger partial charge in [0.15, 0.2) is 0 Å². The Morgan fingerprint density at radius 3 is 2.47 bits per heavy atom. The number of benzene rings is 1. The number of rotatable bonds is 3. The van der Waals surface area contributed by atoms with Crippen LogP contribution in [-0.4, -0.2) is 42.0 Å². The fourth-order valence-corrected chi connectivity index (χ4v) is 4.00. The van der Waals surface area contributed by atoms with Gasteiger partial charge in [-0.05, 0) is 30.7 Å². The van der Waals surface area contributed by atoms with Gasteiger partial charge in [-0.2, -0.15) is 5.10 Å². The highest BCUT2D eigenvalue weighted by Crippen LogP contribution is 2.30. The summed E-state index contributed by atoms with van der Waals surface area (Å²) in [6.07, 6.45) is 5.18. The van der Waals surface area contributed by atoms with E-state index in [1.807, 2.05) is 44.4 Å². The predicted molar refractivity (Wildman–Crippen MR) is 120 cm³/mol. The molecule has 9 nitrogen and oxygen atoms in total. The molecular weight excluding hydrogens is 408 g/mol. The van der Waals surface area contributed by atoms with E-state index in [2.05, 4.69) is 15.1 Å². The lowest BCUT2D eigenvalue weighted by molar-refractivity contribution is 0.0594. The molecule has 0 aliphatic carbocycles. The lowest BCUT2D eigenvalue weighted by atomic mass is 10.0. The van der Waals surface area contributed by atoms with Crippen LogP contribution in [0, 0.1) is 6.92 Å². The zero-order chi connectivity index (χ0) is 22.6. The molecule has 4 aromatic heterocycles. The number of fused-ring (bicyclic) bond motifs is 3. The highest BCUT2D eigenvalue weighted by atomic mass is 16.5. The Morgan fingerprint density at radius 1 is 1.03 bits per heavy atom. The zero-order valence-corrected chi connectivity index (χ0v) is 18.0. The summed E-state index contributed by atoms with van der Waals surface area (Å²) >= 11 is 0. The number of aromatic nitrogens is 6. The SMILES string of the molecule is COC(=O)c1ccc(-c2ccc3ncc4c(c3c2)n(-c2cn(C)nc2C)c(=O)n4C)cn1. The molecule has 0 bridgehead atoms. The molecule has 1 aromatic carbocycles. The second-order valence-electron chi connectivity index (χ2n) is 7.60. The van der Waals surface area contributed by atoms with Gasteiger partial charge in [-0.1, -0.05) is 12.1 Å². The van der Waals surface area contributed by atoms with Crippen LogP contribution in [0.2, 0.25) is 0 Å². The smallest absolute Gasteiger partial charge is 0.356 e. The second-order valence-corrected chi connectivity index (χ2v) is 7.60. The topological polar surface area (TPSA) is 96.8 Å². The molecule has 0 atom stereocenters. The van der Waals surface area contributed by atoms with Crippen molar-refractivity contribution in [2.45, 2.75) is 6.92 Å². The van der Waals surface area contributed by atoms with Crippen LogP contribution >= 0.6 is 0 Å².